The quantitative estimate of drug-likeness (QED) is 0.569. The lowest BCUT2D eigenvalue weighted by Gasteiger charge is -2.11. The Kier molecular flexibility index (Phi) is 5.77. The summed E-state index contributed by atoms with van der Waals surface area (Å²) in [6.07, 6.45) is 1.31. The van der Waals surface area contributed by atoms with Gasteiger partial charge in [-0.05, 0) is 30.7 Å². The highest BCUT2D eigenvalue weighted by molar-refractivity contribution is 6.00. The van der Waals surface area contributed by atoms with Gasteiger partial charge in [0.1, 0.15) is 11.6 Å². The Balaban J connectivity index is 3.10. The molecule has 1 amide bonds. The summed E-state index contributed by atoms with van der Waals surface area (Å²) < 4.78 is 10.4. The molecule has 0 spiro atoms. The number of rotatable bonds is 7. The lowest BCUT2D eigenvalue weighted by molar-refractivity contribution is -0.139. The summed E-state index contributed by atoms with van der Waals surface area (Å²) in [7, 11) is 0. The Morgan fingerprint density at radius 1 is 1.38 bits per heavy atom. The van der Waals surface area contributed by atoms with E-state index in [4.69, 9.17) is 25.6 Å². The number of nitriles is 1. The molecule has 0 saturated carbocycles. The second-order valence-corrected chi connectivity index (χ2v) is 3.86. The largest absolute Gasteiger partial charge is 0.490 e. The van der Waals surface area contributed by atoms with Crippen molar-refractivity contribution < 1.29 is 24.2 Å². The molecule has 1 aromatic rings. The van der Waals surface area contributed by atoms with E-state index < -0.39 is 18.5 Å². The molecule has 0 unspecified atom stereocenters. The summed E-state index contributed by atoms with van der Waals surface area (Å²) in [4.78, 5) is 21.5. The summed E-state index contributed by atoms with van der Waals surface area (Å²) in [5.74, 6) is -1.37. The van der Waals surface area contributed by atoms with Gasteiger partial charge in [0.25, 0.3) is 5.91 Å². The van der Waals surface area contributed by atoms with Crippen molar-refractivity contribution in [1.29, 1.82) is 5.26 Å². The first-order chi connectivity index (χ1) is 9.97. The van der Waals surface area contributed by atoms with Gasteiger partial charge in [0.05, 0.1) is 6.61 Å². The first-order valence-electron chi connectivity index (χ1n) is 6.01. The van der Waals surface area contributed by atoms with Crippen LogP contribution in [-0.2, 0) is 9.59 Å². The fourth-order valence-corrected chi connectivity index (χ4v) is 1.47. The predicted molar refractivity (Wildman–Crippen MR) is 73.5 cm³/mol. The second kappa shape index (κ2) is 7.55. The number of benzene rings is 1. The minimum atomic E-state index is -1.11. The number of amides is 1. The van der Waals surface area contributed by atoms with Gasteiger partial charge in [0.15, 0.2) is 18.1 Å². The Morgan fingerprint density at radius 3 is 2.62 bits per heavy atom. The van der Waals surface area contributed by atoms with Crippen molar-refractivity contribution in [3.8, 4) is 17.6 Å². The number of nitrogens with two attached hydrogens (primary N) is 1. The molecule has 0 fully saturated rings. The molecule has 21 heavy (non-hydrogen) atoms. The molecule has 0 saturated heterocycles. The van der Waals surface area contributed by atoms with Crippen molar-refractivity contribution in [2.75, 3.05) is 13.2 Å². The van der Waals surface area contributed by atoms with Crippen LogP contribution in [0.2, 0.25) is 0 Å². The van der Waals surface area contributed by atoms with Gasteiger partial charge in [-0.2, -0.15) is 5.26 Å². The van der Waals surface area contributed by atoms with E-state index in [-0.39, 0.29) is 11.3 Å². The van der Waals surface area contributed by atoms with Crippen LogP contribution >= 0.6 is 0 Å². The Hall–Kier alpha value is -3.01. The number of carbonyl (C=O) groups is 2. The van der Waals surface area contributed by atoms with Crippen LogP contribution in [0.15, 0.2) is 23.8 Å². The third-order valence-electron chi connectivity index (χ3n) is 2.32. The Morgan fingerprint density at radius 2 is 2.10 bits per heavy atom. The number of hydrogen-bond donors (Lipinski definition) is 2. The zero-order valence-corrected chi connectivity index (χ0v) is 11.3. The van der Waals surface area contributed by atoms with Gasteiger partial charge in [-0.25, -0.2) is 4.79 Å². The van der Waals surface area contributed by atoms with E-state index in [9.17, 15) is 9.59 Å². The van der Waals surface area contributed by atoms with Gasteiger partial charge < -0.3 is 20.3 Å². The molecule has 1 rings (SSSR count). The third-order valence-corrected chi connectivity index (χ3v) is 2.32. The fraction of sp³-hybridized carbons (Fsp3) is 0.214. The summed E-state index contributed by atoms with van der Waals surface area (Å²) in [5, 5.41) is 17.4. The molecule has 0 aromatic heterocycles. The van der Waals surface area contributed by atoms with Crippen LogP contribution in [0.1, 0.15) is 12.5 Å². The van der Waals surface area contributed by atoms with Crippen LogP contribution in [0.3, 0.4) is 0 Å². The molecule has 0 bridgehead atoms. The topological polar surface area (TPSA) is 123 Å². The Bertz CT molecular complexity index is 616. The molecular weight excluding hydrogens is 276 g/mol. The van der Waals surface area contributed by atoms with E-state index in [1.54, 1.807) is 19.1 Å². The molecule has 7 nitrogen and oxygen atoms in total. The number of hydrogen-bond acceptors (Lipinski definition) is 5. The van der Waals surface area contributed by atoms with Crippen LogP contribution in [0.5, 0.6) is 11.5 Å². The number of carboxylic acids is 1. The highest BCUT2D eigenvalue weighted by atomic mass is 16.5. The molecule has 1 aromatic carbocycles. The smallest absolute Gasteiger partial charge is 0.341 e. The maximum absolute atomic E-state index is 11.0. The number of carboxylic acid groups (broad SMARTS) is 1. The summed E-state index contributed by atoms with van der Waals surface area (Å²) >= 11 is 0. The molecule has 0 aliphatic rings. The van der Waals surface area contributed by atoms with Crippen molar-refractivity contribution in [3.05, 3.63) is 29.3 Å². The molecule has 0 heterocycles. The number of ether oxygens (including phenoxy) is 2. The lowest BCUT2D eigenvalue weighted by atomic mass is 10.1. The first kappa shape index (κ1) is 16.0. The zero-order chi connectivity index (χ0) is 15.8. The van der Waals surface area contributed by atoms with E-state index in [0.29, 0.717) is 17.9 Å². The van der Waals surface area contributed by atoms with Crippen molar-refractivity contribution in [2.24, 2.45) is 5.73 Å². The maximum Gasteiger partial charge on any atom is 0.341 e. The van der Waals surface area contributed by atoms with Crippen LogP contribution in [-0.4, -0.2) is 30.2 Å². The number of primary amides is 1. The average Bonchev–Trinajstić information content (AvgIpc) is 2.43. The first-order valence-corrected chi connectivity index (χ1v) is 6.01. The number of nitrogens with zero attached hydrogens (tertiary/aromatic N) is 1. The number of aliphatic carboxylic acids is 1. The average molecular weight is 290 g/mol. The van der Waals surface area contributed by atoms with Gasteiger partial charge in [-0.3, -0.25) is 4.79 Å². The Labute approximate surface area is 121 Å². The molecule has 0 atom stereocenters. The van der Waals surface area contributed by atoms with Crippen molar-refractivity contribution in [3.63, 3.8) is 0 Å². The molecular formula is C14H14N2O5. The summed E-state index contributed by atoms with van der Waals surface area (Å²) in [6.45, 7) is 1.60. The molecule has 3 N–H and O–H groups in total. The van der Waals surface area contributed by atoms with Crippen LogP contribution in [0, 0.1) is 11.3 Å². The summed E-state index contributed by atoms with van der Waals surface area (Å²) in [6, 6.07) is 6.27. The monoisotopic (exact) mass is 290 g/mol. The standard InChI is InChI=1S/C14H14N2O5/c1-2-20-12-6-9(5-10(7-15)14(16)19)3-4-11(12)21-8-13(17)18/h3-6H,2,8H2,1H3,(H2,16,19)(H,17,18)/b10-5+. The minimum Gasteiger partial charge on any atom is -0.490 e. The number of carbonyl (C=O) groups excluding carboxylic acids is 1. The van der Waals surface area contributed by atoms with E-state index in [0.717, 1.165) is 0 Å². The highest BCUT2D eigenvalue weighted by Crippen LogP contribution is 2.29. The van der Waals surface area contributed by atoms with Gasteiger partial charge >= 0.3 is 5.97 Å². The zero-order valence-electron chi connectivity index (χ0n) is 11.3. The normalized spacial score (nSPS) is 10.6. The molecule has 0 aliphatic carbocycles. The lowest BCUT2D eigenvalue weighted by Crippen LogP contribution is -2.12. The minimum absolute atomic E-state index is 0.198. The van der Waals surface area contributed by atoms with Crippen LogP contribution in [0.25, 0.3) is 6.08 Å². The molecule has 0 aliphatic heterocycles. The molecule has 7 heteroatoms. The maximum atomic E-state index is 11.0. The molecule has 0 radical (unpaired) electrons. The fourth-order valence-electron chi connectivity index (χ4n) is 1.47. The van der Waals surface area contributed by atoms with E-state index in [2.05, 4.69) is 0 Å². The van der Waals surface area contributed by atoms with Crippen molar-refractivity contribution >= 4 is 18.0 Å². The van der Waals surface area contributed by atoms with E-state index >= 15 is 0 Å². The predicted octanol–water partition coefficient (Wildman–Crippen LogP) is 0.941. The van der Waals surface area contributed by atoms with E-state index in [1.165, 1.54) is 18.2 Å². The van der Waals surface area contributed by atoms with Gasteiger partial charge in [0.2, 0.25) is 0 Å². The van der Waals surface area contributed by atoms with Crippen molar-refractivity contribution in [2.45, 2.75) is 6.92 Å². The van der Waals surface area contributed by atoms with Crippen LogP contribution in [0.4, 0.5) is 0 Å². The third kappa shape index (κ3) is 4.87. The van der Waals surface area contributed by atoms with Crippen molar-refractivity contribution in [1.82, 2.24) is 0 Å². The summed E-state index contributed by atoms with van der Waals surface area (Å²) in [5.41, 5.74) is 5.36. The second-order valence-electron chi connectivity index (χ2n) is 3.86. The molecule has 110 valence electrons. The van der Waals surface area contributed by atoms with Gasteiger partial charge in [0, 0.05) is 0 Å². The van der Waals surface area contributed by atoms with Gasteiger partial charge in [-0.1, -0.05) is 6.07 Å². The highest BCUT2D eigenvalue weighted by Gasteiger charge is 2.09. The van der Waals surface area contributed by atoms with Crippen LogP contribution < -0.4 is 15.2 Å². The van der Waals surface area contributed by atoms with Gasteiger partial charge in [-0.15, -0.1) is 0 Å². The van der Waals surface area contributed by atoms with E-state index in [1.807, 2.05) is 0 Å². The SMILES string of the molecule is CCOc1cc(/C=C(\C#N)C(N)=O)ccc1OCC(=O)O.